The monoisotopic (exact) mass is 294 g/mol. The van der Waals surface area contributed by atoms with Crippen molar-refractivity contribution >= 4 is 11.7 Å². The Hall–Kier alpha value is -2.15. The Kier molecular flexibility index (Phi) is 4.74. The zero-order valence-corrected chi connectivity index (χ0v) is 11.8. The number of carbonyl (C=O) groups excluding carboxylic acids is 1. The van der Waals surface area contributed by atoms with Crippen LogP contribution in [-0.4, -0.2) is 29.0 Å². The van der Waals surface area contributed by atoms with E-state index in [0.717, 1.165) is 12.8 Å². The van der Waals surface area contributed by atoms with Gasteiger partial charge >= 0.3 is 0 Å². The van der Waals surface area contributed by atoms with E-state index >= 15 is 0 Å². The number of carbonyl (C=O) groups is 1. The molecule has 1 aliphatic rings. The smallest absolute Gasteiger partial charge is 0.237 e. The number of nitrogens with zero attached hydrogens (tertiary/aromatic N) is 1. The molecule has 0 radical (unpaired) electrons. The Balaban J connectivity index is 1.95. The fourth-order valence-corrected chi connectivity index (χ4v) is 1.88. The molecule has 0 bridgehead atoms. The lowest BCUT2D eigenvalue weighted by Crippen LogP contribution is -2.42. The van der Waals surface area contributed by atoms with E-state index in [9.17, 15) is 9.18 Å². The average Bonchev–Trinajstić information content (AvgIpc) is 3.27. The maximum Gasteiger partial charge on any atom is 0.237 e. The minimum atomic E-state index is -0.481. The first-order chi connectivity index (χ1) is 9.99. The van der Waals surface area contributed by atoms with Crippen molar-refractivity contribution in [2.24, 2.45) is 10.9 Å². The van der Waals surface area contributed by atoms with Crippen LogP contribution in [0.2, 0.25) is 0 Å². The van der Waals surface area contributed by atoms with Crippen molar-refractivity contribution < 1.29 is 14.4 Å². The van der Waals surface area contributed by atoms with Gasteiger partial charge in [0.2, 0.25) is 5.91 Å². The number of amidine groups is 1. The fraction of sp³-hybridized carbons (Fsp3) is 0.429. The van der Waals surface area contributed by atoms with Gasteiger partial charge in [0.1, 0.15) is 5.82 Å². The molecule has 0 aliphatic heterocycles. The second-order valence-electron chi connectivity index (χ2n) is 5.22. The first-order valence-electron chi connectivity index (χ1n) is 6.80. The maximum atomic E-state index is 13.5. The topological polar surface area (TPSA) is 99.7 Å². The Morgan fingerprint density at radius 3 is 2.86 bits per heavy atom. The SMILES string of the molecule is CC(NCc1cc(F)cc(/C(N)=N/O)c1)C(=O)NC1CC1. The lowest BCUT2D eigenvalue weighted by Gasteiger charge is -2.14. The van der Waals surface area contributed by atoms with Crippen molar-refractivity contribution in [2.75, 3.05) is 0 Å². The second-order valence-corrected chi connectivity index (χ2v) is 5.22. The summed E-state index contributed by atoms with van der Waals surface area (Å²) in [5, 5.41) is 17.4. The number of amides is 1. The summed E-state index contributed by atoms with van der Waals surface area (Å²) in [6.07, 6.45) is 2.07. The summed E-state index contributed by atoms with van der Waals surface area (Å²) in [5.74, 6) is -0.702. The number of hydrogen-bond donors (Lipinski definition) is 4. The van der Waals surface area contributed by atoms with Crippen molar-refractivity contribution in [2.45, 2.75) is 38.4 Å². The van der Waals surface area contributed by atoms with Gasteiger partial charge in [0.15, 0.2) is 5.84 Å². The van der Waals surface area contributed by atoms with Crippen LogP contribution in [0.4, 0.5) is 4.39 Å². The molecule has 1 fully saturated rings. The maximum absolute atomic E-state index is 13.5. The van der Waals surface area contributed by atoms with Gasteiger partial charge < -0.3 is 21.6 Å². The fourth-order valence-electron chi connectivity index (χ4n) is 1.88. The zero-order valence-electron chi connectivity index (χ0n) is 11.8. The molecule has 0 heterocycles. The van der Waals surface area contributed by atoms with E-state index in [1.54, 1.807) is 13.0 Å². The molecule has 21 heavy (non-hydrogen) atoms. The van der Waals surface area contributed by atoms with Crippen molar-refractivity contribution in [3.63, 3.8) is 0 Å². The zero-order chi connectivity index (χ0) is 15.4. The number of nitrogens with one attached hydrogen (secondary N) is 2. The Labute approximate surface area is 122 Å². The number of oxime groups is 1. The first kappa shape index (κ1) is 15.2. The lowest BCUT2D eigenvalue weighted by molar-refractivity contribution is -0.122. The second kappa shape index (κ2) is 6.53. The Bertz CT molecular complexity index is 558. The highest BCUT2D eigenvalue weighted by Crippen LogP contribution is 2.18. The summed E-state index contributed by atoms with van der Waals surface area (Å²) in [7, 11) is 0. The van der Waals surface area contributed by atoms with Crippen LogP contribution in [0.5, 0.6) is 0 Å². The van der Waals surface area contributed by atoms with E-state index in [1.165, 1.54) is 12.1 Å². The molecule has 114 valence electrons. The molecule has 5 N–H and O–H groups in total. The quantitative estimate of drug-likeness (QED) is 0.268. The van der Waals surface area contributed by atoms with Crippen LogP contribution in [0.3, 0.4) is 0 Å². The number of hydrogen-bond acceptors (Lipinski definition) is 4. The molecule has 1 aliphatic carbocycles. The predicted molar refractivity (Wildman–Crippen MR) is 76.4 cm³/mol. The molecule has 1 aromatic rings. The number of nitrogens with two attached hydrogens (primary N) is 1. The Morgan fingerprint density at radius 1 is 1.52 bits per heavy atom. The molecule has 1 amide bonds. The summed E-state index contributed by atoms with van der Waals surface area (Å²) in [6.45, 7) is 2.06. The van der Waals surface area contributed by atoms with E-state index in [1.807, 2.05) is 0 Å². The van der Waals surface area contributed by atoms with Gasteiger partial charge in [-0.2, -0.15) is 0 Å². The van der Waals surface area contributed by atoms with Crippen LogP contribution >= 0.6 is 0 Å². The summed E-state index contributed by atoms with van der Waals surface area (Å²) in [4.78, 5) is 11.8. The molecule has 7 heteroatoms. The van der Waals surface area contributed by atoms with E-state index < -0.39 is 5.82 Å². The number of halogens is 1. The molecule has 1 atom stereocenters. The standard InChI is InChI=1S/C14H19FN4O2/c1-8(14(20)18-12-2-3-12)17-7-9-4-10(13(16)19-21)6-11(15)5-9/h4-6,8,12,17,21H,2-3,7H2,1H3,(H2,16,19)(H,18,20). The molecule has 0 saturated heterocycles. The van der Waals surface area contributed by atoms with E-state index in [2.05, 4.69) is 15.8 Å². The third kappa shape index (κ3) is 4.42. The molecule has 6 nitrogen and oxygen atoms in total. The van der Waals surface area contributed by atoms with Gasteiger partial charge in [0, 0.05) is 18.2 Å². The van der Waals surface area contributed by atoms with Crippen molar-refractivity contribution in [3.8, 4) is 0 Å². The normalized spacial score (nSPS) is 16.6. The van der Waals surface area contributed by atoms with Crippen LogP contribution in [0.25, 0.3) is 0 Å². The Morgan fingerprint density at radius 2 is 2.24 bits per heavy atom. The number of benzene rings is 1. The molecular weight excluding hydrogens is 275 g/mol. The summed E-state index contributed by atoms with van der Waals surface area (Å²) < 4.78 is 13.5. The number of rotatable bonds is 6. The highest BCUT2D eigenvalue weighted by Gasteiger charge is 2.25. The predicted octanol–water partition coefficient (Wildman–Crippen LogP) is 0.677. The molecule has 0 spiro atoms. The van der Waals surface area contributed by atoms with Crippen molar-refractivity contribution in [3.05, 3.63) is 35.1 Å². The molecule has 1 unspecified atom stereocenters. The first-order valence-corrected chi connectivity index (χ1v) is 6.80. The highest BCUT2D eigenvalue weighted by molar-refractivity contribution is 5.97. The highest BCUT2D eigenvalue weighted by atomic mass is 19.1. The van der Waals surface area contributed by atoms with E-state index in [0.29, 0.717) is 23.7 Å². The third-order valence-corrected chi connectivity index (χ3v) is 3.29. The summed E-state index contributed by atoms with van der Waals surface area (Å²) in [5.41, 5.74) is 6.36. The molecule has 1 saturated carbocycles. The van der Waals surface area contributed by atoms with Crippen LogP contribution < -0.4 is 16.4 Å². The van der Waals surface area contributed by atoms with Gasteiger partial charge in [-0.15, -0.1) is 0 Å². The summed E-state index contributed by atoms with van der Waals surface area (Å²) in [6, 6.07) is 4.06. The van der Waals surface area contributed by atoms with Crippen LogP contribution in [0.15, 0.2) is 23.4 Å². The van der Waals surface area contributed by atoms with E-state index in [4.69, 9.17) is 10.9 Å². The minimum Gasteiger partial charge on any atom is -0.409 e. The third-order valence-electron chi connectivity index (χ3n) is 3.29. The van der Waals surface area contributed by atoms with Gasteiger partial charge in [0.05, 0.1) is 6.04 Å². The van der Waals surface area contributed by atoms with Crippen molar-refractivity contribution in [1.82, 2.24) is 10.6 Å². The lowest BCUT2D eigenvalue weighted by atomic mass is 10.1. The van der Waals surface area contributed by atoms with Crippen molar-refractivity contribution in [1.29, 1.82) is 0 Å². The minimum absolute atomic E-state index is 0.0643. The molecule has 2 rings (SSSR count). The van der Waals surface area contributed by atoms with Gasteiger partial charge in [0.25, 0.3) is 0 Å². The van der Waals surface area contributed by atoms with Gasteiger partial charge in [-0.25, -0.2) is 4.39 Å². The van der Waals surface area contributed by atoms with Crippen LogP contribution in [0, 0.1) is 5.82 Å². The van der Waals surface area contributed by atoms with Crippen LogP contribution in [0.1, 0.15) is 30.9 Å². The molecular formula is C14H19FN4O2. The van der Waals surface area contributed by atoms with E-state index in [-0.39, 0.29) is 17.8 Å². The van der Waals surface area contributed by atoms with Gasteiger partial charge in [-0.1, -0.05) is 5.16 Å². The molecule has 0 aromatic heterocycles. The average molecular weight is 294 g/mol. The van der Waals surface area contributed by atoms with Gasteiger partial charge in [-0.3, -0.25) is 4.79 Å². The van der Waals surface area contributed by atoms with Crippen LogP contribution in [-0.2, 0) is 11.3 Å². The van der Waals surface area contributed by atoms with Gasteiger partial charge in [-0.05, 0) is 43.5 Å². The summed E-state index contributed by atoms with van der Waals surface area (Å²) >= 11 is 0. The molecule has 1 aromatic carbocycles. The largest absolute Gasteiger partial charge is 0.409 e.